The molecule has 1 fully saturated rings. The molecule has 0 aromatic heterocycles. The third kappa shape index (κ3) is 9.41. The summed E-state index contributed by atoms with van der Waals surface area (Å²) in [5.74, 6) is -0.667. The minimum absolute atomic E-state index is 0.0613. The predicted molar refractivity (Wildman–Crippen MR) is 181 cm³/mol. The molecule has 1 aliphatic carbocycles. The molecule has 2 amide bonds. The number of nitrogens with zero attached hydrogens (tertiary/aromatic N) is 2. The summed E-state index contributed by atoms with van der Waals surface area (Å²) in [6.45, 7) is 5.99. The van der Waals surface area contributed by atoms with Gasteiger partial charge < -0.3 is 10.2 Å². The fraction of sp³-hybridized carbons (Fsp3) is 0.429. The standard InChI is InChI=1S/C35H44BrN3O4S/c1-35(2,3)28-18-20-31(21-19-28)39(44(4,42)43)25-33(40)38(24-27-14-11-15-29(36)22-27)32(23-26-12-7-5-8-13-26)34(41)37-30-16-9-6-10-17-30/h5,7-8,11-15,18-22,30,32H,6,9-10,16-17,23-25H2,1-4H3,(H,37,41). The third-order valence-corrected chi connectivity index (χ3v) is 9.80. The van der Waals surface area contributed by atoms with Crippen molar-refractivity contribution in [2.75, 3.05) is 17.1 Å². The Labute approximate surface area is 271 Å². The maximum Gasteiger partial charge on any atom is 0.244 e. The average molecular weight is 683 g/mol. The molecule has 0 spiro atoms. The van der Waals surface area contributed by atoms with E-state index in [0.717, 1.165) is 63.8 Å². The summed E-state index contributed by atoms with van der Waals surface area (Å²) in [4.78, 5) is 30.0. The fourth-order valence-electron chi connectivity index (χ4n) is 5.67. The molecule has 236 valence electrons. The normalized spacial score (nSPS) is 14.9. The SMILES string of the molecule is CC(C)(C)c1ccc(N(CC(=O)N(Cc2cccc(Br)c2)C(Cc2ccccc2)C(=O)NC2CCCCC2)S(C)(=O)=O)cc1. The summed E-state index contributed by atoms with van der Waals surface area (Å²) < 4.78 is 28.2. The highest BCUT2D eigenvalue weighted by Gasteiger charge is 2.34. The second-order valence-corrected chi connectivity index (χ2v) is 15.6. The van der Waals surface area contributed by atoms with Crippen molar-refractivity contribution in [2.45, 2.75) is 83.3 Å². The topological polar surface area (TPSA) is 86.8 Å². The number of anilines is 1. The van der Waals surface area contributed by atoms with E-state index >= 15 is 0 Å². The highest BCUT2D eigenvalue weighted by Crippen LogP contribution is 2.27. The number of carbonyl (C=O) groups is 2. The van der Waals surface area contributed by atoms with Gasteiger partial charge in [-0.25, -0.2) is 8.42 Å². The van der Waals surface area contributed by atoms with Gasteiger partial charge in [0.1, 0.15) is 12.6 Å². The number of nitrogens with one attached hydrogen (secondary N) is 1. The van der Waals surface area contributed by atoms with Gasteiger partial charge in [-0.3, -0.25) is 13.9 Å². The third-order valence-electron chi connectivity index (χ3n) is 8.17. The smallest absolute Gasteiger partial charge is 0.244 e. The van der Waals surface area contributed by atoms with Crippen LogP contribution in [0.1, 0.15) is 69.6 Å². The number of halogens is 1. The van der Waals surface area contributed by atoms with Crippen molar-refractivity contribution in [1.82, 2.24) is 10.2 Å². The van der Waals surface area contributed by atoms with E-state index in [9.17, 15) is 18.0 Å². The largest absolute Gasteiger partial charge is 0.352 e. The van der Waals surface area contributed by atoms with Crippen LogP contribution in [0.5, 0.6) is 0 Å². The molecule has 9 heteroatoms. The Balaban J connectivity index is 1.72. The van der Waals surface area contributed by atoms with Crippen LogP contribution in [0.2, 0.25) is 0 Å². The van der Waals surface area contributed by atoms with E-state index in [4.69, 9.17) is 0 Å². The lowest BCUT2D eigenvalue weighted by molar-refractivity contribution is -0.140. The van der Waals surface area contributed by atoms with E-state index in [-0.39, 0.29) is 23.9 Å². The van der Waals surface area contributed by atoms with E-state index in [1.54, 1.807) is 17.0 Å². The Morgan fingerprint density at radius 3 is 2.14 bits per heavy atom. The lowest BCUT2D eigenvalue weighted by atomic mass is 9.87. The van der Waals surface area contributed by atoms with Crippen LogP contribution in [0.3, 0.4) is 0 Å². The molecule has 44 heavy (non-hydrogen) atoms. The van der Waals surface area contributed by atoms with Gasteiger partial charge in [0.25, 0.3) is 0 Å². The van der Waals surface area contributed by atoms with Gasteiger partial charge in [0.05, 0.1) is 11.9 Å². The lowest BCUT2D eigenvalue weighted by Gasteiger charge is -2.35. The monoisotopic (exact) mass is 681 g/mol. The number of carbonyl (C=O) groups excluding carboxylic acids is 2. The molecule has 0 aliphatic heterocycles. The van der Waals surface area contributed by atoms with Gasteiger partial charge in [0.15, 0.2) is 0 Å². The minimum Gasteiger partial charge on any atom is -0.352 e. The second kappa shape index (κ2) is 14.7. The Kier molecular flexibility index (Phi) is 11.3. The molecule has 4 rings (SSSR count). The number of benzene rings is 3. The van der Waals surface area contributed by atoms with Crippen molar-refractivity contribution in [2.24, 2.45) is 0 Å². The van der Waals surface area contributed by atoms with Crippen LogP contribution >= 0.6 is 15.9 Å². The van der Waals surface area contributed by atoms with Crippen molar-refractivity contribution in [3.63, 3.8) is 0 Å². The van der Waals surface area contributed by atoms with Crippen LogP contribution in [0.25, 0.3) is 0 Å². The van der Waals surface area contributed by atoms with Gasteiger partial charge in [-0.1, -0.05) is 111 Å². The van der Waals surface area contributed by atoms with Gasteiger partial charge in [-0.15, -0.1) is 0 Å². The molecule has 1 aliphatic rings. The number of hydrogen-bond acceptors (Lipinski definition) is 4. The number of hydrogen-bond donors (Lipinski definition) is 1. The molecule has 1 atom stereocenters. The summed E-state index contributed by atoms with van der Waals surface area (Å²) in [6, 6.07) is 23.7. The second-order valence-electron chi connectivity index (χ2n) is 12.8. The maximum atomic E-state index is 14.3. The van der Waals surface area contributed by atoms with Crippen molar-refractivity contribution in [3.05, 3.63) is 100 Å². The highest BCUT2D eigenvalue weighted by atomic mass is 79.9. The van der Waals surface area contributed by atoms with Crippen LogP contribution in [0, 0.1) is 0 Å². The zero-order chi connectivity index (χ0) is 31.9. The first-order chi connectivity index (χ1) is 20.8. The lowest BCUT2D eigenvalue weighted by Crippen LogP contribution is -2.55. The molecule has 7 nitrogen and oxygen atoms in total. The average Bonchev–Trinajstić information content (AvgIpc) is 2.97. The molecule has 1 saturated carbocycles. The molecular formula is C35H44BrN3O4S. The quantitative estimate of drug-likeness (QED) is 0.247. The molecule has 0 saturated heterocycles. The van der Waals surface area contributed by atoms with Crippen LogP contribution in [0.15, 0.2) is 83.3 Å². The van der Waals surface area contributed by atoms with Gasteiger partial charge >= 0.3 is 0 Å². The Morgan fingerprint density at radius 2 is 1.55 bits per heavy atom. The van der Waals surface area contributed by atoms with Gasteiger partial charge in [-0.2, -0.15) is 0 Å². The van der Waals surface area contributed by atoms with Gasteiger partial charge in [0.2, 0.25) is 21.8 Å². The van der Waals surface area contributed by atoms with Crippen molar-refractivity contribution < 1.29 is 18.0 Å². The predicted octanol–water partition coefficient (Wildman–Crippen LogP) is 6.60. The number of amides is 2. The Morgan fingerprint density at radius 1 is 0.909 bits per heavy atom. The zero-order valence-corrected chi connectivity index (χ0v) is 28.5. The van der Waals surface area contributed by atoms with Crippen molar-refractivity contribution in [3.8, 4) is 0 Å². The fourth-order valence-corrected chi connectivity index (χ4v) is 6.97. The molecule has 1 N–H and O–H groups in total. The molecule has 3 aromatic carbocycles. The molecule has 3 aromatic rings. The maximum absolute atomic E-state index is 14.3. The van der Waals surface area contributed by atoms with E-state index in [2.05, 4.69) is 42.0 Å². The van der Waals surface area contributed by atoms with Crippen molar-refractivity contribution in [1.29, 1.82) is 0 Å². The van der Waals surface area contributed by atoms with E-state index in [1.807, 2.05) is 66.7 Å². The van der Waals surface area contributed by atoms with Crippen LogP contribution in [0.4, 0.5) is 5.69 Å². The summed E-state index contributed by atoms with van der Waals surface area (Å²) >= 11 is 3.52. The van der Waals surface area contributed by atoms with Crippen LogP contribution in [-0.4, -0.2) is 50.0 Å². The molecule has 0 heterocycles. The van der Waals surface area contributed by atoms with Crippen LogP contribution in [-0.2, 0) is 38.0 Å². The Hall–Kier alpha value is -3.17. The van der Waals surface area contributed by atoms with Gasteiger partial charge in [0, 0.05) is 23.5 Å². The van der Waals surface area contributed by atoms with Gasteiger partial charge in [-0.05, 0) is 59.2 Å². The zero-order valence-electron chi connectivity index (χ0n) is 26.1. The number of rotatable bonds is 11. The van der Waals surface area contributed by atoms with E-state index in [1.165, 1.54) is 0 Å². The van der Waals surface area contributed by atoms with Crippen LogP contribution < -0.4 is 9.62 Å². The molecule has 1 unspecified atom stereocenters. The van der Waals surface area contributed by atoms with E-state index < -0.39 is 28.5 Å². The summed E-state index contributed by atoms with van der Waals surface area (Å²) in [5.41, 5.74) is 3.10. The number of sulfonamides is 1. The summed E-state index contributed by atoms with van der Waals surface area (Å²) in [7, 11) is -3.82. The highest BCUT2D eigenvalue weighted by molar-refractivity contribution is 9.10. The van der Waals surface area contributed by atoms with Crippen molar-refractivity contribution >= 4 is 43.5 Å². The first-order valence-electron chi connectivity index (χ1n) is 15.3. The minimum atomic E-state index is -3.82. The molecule has 0 radical (unpaired) electrons. The first kappa shape index (κ1) is 33.7. The first-order valence-corrected chi connectivity index (χ1v) is 17.9. The molecular weight excluding hydrogens is 638 g/mol. The van der Waals surface area contributed by atoms with E-state index in [0.29, 0.717) is 12.1 Å². The molecule has 0 bridgehead atoms. The Bertz CT molecular complexity index is 1520. The summed E-state index contributed by atoms with van der Waals surface area (Å²) in [5, 5.41) is 3.23. The summed E-state index contributed by atoms with van der Waals surface area (Å²) in [6.07, 6.45) is 6.52.